The van der Waals surface area contributed by atoms with E-state index >= 15 is 0 Å². The molecule has 1 fully saturated rings. The fourth-order valence-electron chi connectivity index (χ4n) is 2.10. The third-order valence-electron chi connectivity index (χ3n) is 3.22. The summed E-state index contributed by atoms with van der Waals surface area (Å²) in [7, 11) is 0. The number of hydrogen-bond acceptors (Lipinski definition) is 8. The molecule has 0 aromatic carbocycles. The Labute approximate surface area is 134 Å². The first-order valence-electron chi connectivity index (χ1n) is 7.58. The lowest BCUT2D eigenvalue weighted by atomic mass is 9.97. The second-order valence-electron chi connectivity index (χ2n) is 5.62. The minimum atomic E-state index is -1.54. The Morgan fingerprint density at radius 1 is 1.22 bits per heavy atom. The van der Waals surface area contributed by atoms with Gasteiger partial charge in [0.2, 0.25) is 5.91 Å². The molecule has 134 valence electrons. The van der Waals surface area contributed by atoms with Crippen LogP contribution in [0, 0.1) is 0 Å². The van der Waals surface area contributed by atoms with Gasteiger partial charge in [0.15, 0.2) is 6.29 Å². The van der Waals surface area contributed by atoms with E-state index in [9.17, 15) is 24.9 Å². The molecule has 1 heterocycles. The zero-order valence-electron chi connectivity index (χ0n) is 13.5. The molecule has 0 spiro atoms. The first-order chi connectivity index (χ1) is 10.8. The Morgan fingerprint density at radius 2 is 1.87 bits per heavy atom. The summed E-state index contributed by atoms with van der Waals surface area (Å²) in [5.74, 6) is -0.374. The number of carbonyl (C=O) groups excluding carboxylic acids is 2. The number of hydrogen-bond donors (Lipinski definition) is 4. The Bertz CT molecular complexity index is 402. The lowest BCUT2D eigenvalue weighted by Crippen LogP contribution is -2.64. The summed E-state index contributed by atoms with van der Waals surface area (Å²) in [4.78, 5) is 22.8. The molecule has 9 nitrogen and oxygen atoms in total. The molecule has 9 heteroatoms. The summed E-state index contributed by atoms with van der Waals surface area (Å²) in [6.07, 6.45) is -6.08. The number of aliphatic hydroxyl groups excluding tert-OH is 3. The standard InChI is InChI=1S/C14H25NO8/c1-4-5-9(16)15-10-12(18)11(17)8(23-13(10)19)6-21-14(20)22-7(2)3/h7-8,10-13,17-19H,4-6H2,1-3H3,(H,15,16)/t8-,10-,11-,12-,13?/m1/s1. The molecule has 1 saturated heterocycles. The molecule has 0 radical (unpaired) electrons. The second-order valence-corrected chi connectivity index (χ2v) is 5.62. The number of carbonyl (C=O) groups is 2. The lowest BCUT2D eigenvalue weighted by molar-refractivity contribution is -0.254. The van der Waals surface area contributed by atoms with Gasteiger partial charge in [0.05, 0.1) is 6.10 Å². The molecule has 1 unspecified atom stereocenters. The summed E-state index contributed by atoms with van der Waals surface area (Å²) in [5.41, 5.74) is 0. The minimum Gasteiger partial charge on any atom is -0.432 e. The summed E-state index contributed by atoms with van der Waals surface area (Å²) < 4.78 is 14.6. The largest absolute Gasteiger partial charge is 0.508 e. The van der Waals surface area contributed by atoms with Crippen molar-refractivity contribution in [1.29, 1.82) is 0 Å². The van der Waals surface area contributed by atoms with Crippen molar-refractivity contribution in [2.24, 2.45) is 0 Å². The van der Waals surface area contributed by atoms with E-state index in [1.807, 2.05) is 6.92 Å². The van der Waals surface area contributed by atoms with Crippen LogP contribution >= 0.6 is 0 Å². The molecule has 1 amide bonds. The zero-order chi connectivity index (χ0) is 17.6. The van der Waals surface area contributed by atoms with Gasteiger partial charge in [-0.25, -0.2) is 4.79 Å². The number of ether oxygens (including phenoxy) is 3. The van der Waals surface area contributed by atoms with Gasteiger partial charge in [0.25, 0.3) is 0 Å². The Hall–Kier alpha value is -1.42. The van der Waals surface area contributed by atoms with Gasteiger partial charge in [-0.15, -0.1) is 0 Å². The molecule has 5 atom stereocenters. The van der Waals surface area contributed by atoms with E-state index in [0.29, 0.717) is 6.42 Å². The number of rotatable bonds is 6. The highest BCUT2D eigenvalue weighted by atomic mass is 16.7. The van der Waals surface area contributed by atoms with Crippen LogP contribution in [0.15, 0.2) is 0 Å². The Kier molecular flexibility index (Phi) is 7.69. The van der Waals surface area contributed by atoms with E-state index in [1.165, 1.54) is 0 Å². The van der Waals surface area contributed by atoms with Crippen molar-refractivity contribution < 1.29 is 39.1 Å². The van der Waals surface area contributed by atoms with Gasteiger partial charge in [0.1, 0.15) is 31.0 Å². The van der Waals surface area contributed by atoms with Gasteiger partial charge >= 0.3 is 6.16 Å². The van der Waals surface area contributed by atoms with Crippen molar-refractivity contribution in [3.05, 3.63) is 0 Å². The molecule has 0 aliphatic carbocycles. The molecule has 0 aromatic rings. The third kappa shape index (κ3) is 5.94. The van der Waals surface area contributed by atoms with Gasteiger partial charge in [-0.05, 0) is 20.3 Å². The van der Waals surface area contributed by atoms with Crippen molar-refractivity contribution in [2.45, 2.75) is 70.4 Å². The molecule has 0 bridgehead atoms. The predicted octanol–water partition coefficient (Wildman–Crippen LogP) is -0.728. The molecule has 1 aliphatic rings. The van der Waals surface area contributed by atoms with Crippen molar-refractivity contribution in [3.8, 4) is 0 Å². The molecule has 0 saturated carbocycles. The third-order valence-corrected chi connectivity index (χ3v) is 3.22. The van der Waals surface area contributed by atoms with E-state index in [1.54, 1.807) is 13.8 Å². The SMILES string of the molecule is CCCC(=O)N[C@H]1C(O)O[C@H](COC(=O)OC(C)C)[C@@H](O)[C@@H]1O. The summed E-state index contributed by atoms with van der Waals surface area (Å²) >= 11 is 0. The average Bonchev–Trinajstić information content (AvgIpc) is 2.45. The van der Waals surface area contributed by atoms with Crippen LogP contribution in [-0.4, -0.2) is 70.7 Å². The van der Waals surface area contributed by atoms with Crippen LogP contribution in [0.25, 0.3) is 0 Å². The quantitative estimate of drug-likeness (QED) is 0.467. The molecule has 4 N–H and O–H groups in total. The van der Waals surface area contributed by atoms with E-state index < -0.39 is 43.4 Å². The summed E-state index contributed by atoms with van der Waals surface area (Å²) in [5, 5.41) is 32.3. The summed E-state index contributed by atoms with van der Waals surface area (Å²) in [6, 6.07) is -1.16. The molecule has 1 aliphatic heterocycles. The van der Waals surface area contributed by atoms with Crippen molar-refractivity contribution in [3.63, 3.8) is 0 Å². The maximum Gasteiger partial charge on any atom is 0.508 e. The average molecular weight is 335 g/mol. The molecule has 1 rings (SSSR count). The van der Waals surface area contributed by atoms with Gasteiger partial charge in [-0.2, -0.15) is 0 Å². The molecule has 23 heavy (non-hydrogen) atoms. The highest BCUT2D eigenvalue weighted by Crippen LogP contribution is 2.20. The highest BCUT2D eigenvalue weighted by Gasteiger charge is 2.45. The zero-order valence-corrected chi connectivity index (χ0v) is 13.5. The van der Waals surface area contributed by atoms with Crippen LogP contribution in [0.2, 0.25) is 0 Å². The highest BCUT2D eigenvalue weighted by molar-refractivity contribution is 5.76. The first-order valence-corrected chi connectivity index (χ1v) is 7.58. The molecular weight excluding hydrogens is 310 g/mol. The van der Waals surface area contributed by atoms with Gasteiger partial charge in [-0.3, -0.25) is 4.79 Å². The van der Waals surface area contributed by atoms with Gasteiger partial charge in [0, 0.05) is 6.42 Å². The van der Waals surface area contributed by atoms with Crippen LogP contribution in [0.3, 0.4) is 0 Å². The van der Waals surface area contributed by atoms with Crippen molar-refractivity contribution >= 4 is 12.1 Å². The smallest absolute Gasteiger partial charge is 0.432 e. The topological polar surface area (TPSA) is 135 Å². The fraction of sp³-hybridized carbons (Fsp3) is 0.857. The maximum atomic E-state index is 11.6. The van der Waals surface area contributed by atoms with E-state index in [2.05, 4.69) is 5.32 Å². The summed E-state index contributed by atoms with van der Waals surface area (Å²) in [6.45, 7) is 4.69. The van der Waals surface area contributed by atoms with Crippen LogP contribution in [0.5, 0.6) is 0 Å². The molecular formula is C14H25NO8. The monoisotopic (exact) mass is 335 g/mol. The van der Waals surface area contributed by atoms with E-state index in [0.717, 1.165) is 0 Å². The van der Waals surface area contributed by atoms with Crippen LogP contribution < -0.4 is 5.32 Å². The van der Waals surface area contributed by atoms with Crippen LogP contribution in [0.4, 0.5) is 4.79 Å². The van der Waals surface area contributed by atoms with Gasteiger partial charge in [-0.1, -0.05) is 6.92 Å². The van der Waals surface area contributed by atoms with Crippen LogP contribution in [-0.2, 0) is 19.0 Å². The van der Waals surface area contributed by atoms with Crippen molar-refractivity contribution in [1.82, 2.24) is 5.32 Å². The van der Waals surface area contributed by atoms with Crippen molar-refractivity contribution in [2.75, 3.05) is 6.61 Å². The fourth-order valence-corrected chi connectivity index (χ4v) is 2.10. The lowest BCUT2D eigenvalue weighted by Gasteiger charge is -2.40. The van der Waals surface area contributed by atoms with E-state index in [-0.39, 0.29) is 18.4 Å². The number of aliphatic hydroxyl groups is 3. The normalized spacial score (nSPS) is 30.8. The Morgan fingerprint density at radius 3 is 2.43 bits per heavy atom. The second kappa shape index (κ2) is 9.02. The van der Waals surface area contributed by atoms with Crippen LogP contribution in [0.1, 0.15) is 33.6 Å². The van der Waals surface area contributed by atoms with E-state index in [4.69, 9.17) is 14.2 Å². The number of nitrogens with one attached hydrogen (secondary N) is 1. The minimum absolute atomic E-state index is 0.222. The predicted molar refractivity (Wildman–Crippen MR) is 77.3 cm³/mol. The maximum absolute atomic E-state index is 11.6. The first kappa shape index (κ1) is 19.6. The Balaban J connectivity index is 2.55. The number of amides is 1. The molecule has 0 aromatic heterocycles. The van der Waals surface area contributed by atoms with Gasteiger partial charge < -0.3 is 34.8 Å².